The van der Waals surface area contributed by atoms with Crippen molar-refractivity contribution < 1.29 is 18.3 Å². The molecule has 8 nitrogen and oxygen atoms in total. The molecule has 2 rings (SSSR count). The monoisotopic (exact) mass is 326 g/mol. The van der Waals surface area contributed by atoms with Crippen LogP contribution in [0.5, 0.6) is 0 Å². The first-order valence-corrected chi connectivity index (χ1v) is 8.01. The number of carboxylic acid groups (broad SMARTS) is 1. The Morgan fingerprint density at radius 2 is 2.00 bits per heavy atom. The number of benzene rings is 1. The fourth-order valence-electron chi connectivity index (χ4n) is 1.95. The van der Waals surface area contributed by atoms with Crippen molar-refractivity contribution >= 4 is 33.3 Å². The van der Waals surface area contributed by atoms with E-state index in [2.05, 4.69) is 9.71 Å². The molecule has 0 aliphatic carbocycles. The maximum atomic E-state index is 12.3. The van der Waals surface area contributed by atoms with E-state index in [0.29, 0.717) is 5.69 Å². The number of fused-ring (bicyclic) bond motifs is 1. The van der Waals surface area contributed by atoms with E-state index >= 15 is 0 Å². The number of carbonyl (C=O) groups is 1. The number of anilines is 2. The Morgan fingerprint density at radius 1 is 1.32 bits per heavy atom. The molecule has 9 heteroatoms. The fraction of sp³-hybridized carbons (Fsp3) is 0.385. The zero-order valence-electron chi connectivity index (χ0n) is 12.6. The summed E-state index contributed by atoms with van der Waals surface area (Å²) in [6.07, 6.45) is -0.107. The number of nitrogens with one attached hydrogen (secondary N) is 1. The first-order valence-electron chi connectivity index (χ1n) is 6.57. The van der Waals surface area contributed by atoms with Gasteiger partial charge in [0.15, 0.2) is 0 Å². The summed E-state index contributed by atoms with van der Waals surface area (Å²) < 4.78 is 28.3. The van der Waals surface area contributed by atoms with E-state index in [4.69, 9.17) is 5.11 Å². The summed E-state index contributed by atoms with van der Waals surface area (Å²) in [6.45, 7) is 0.155. The summed E-state index contributed by atoms with van der Waals surface area (Å²) in [5.41, 5.74) is 1.18. The van der Waals surface area contributed by atoms with Gasteiger partial charge >= 0.3 is 5.97 Å². The summed E-state index contributed by atoms with van der Waals surface area (Å²) in [4.78, 5) is 14.0. The normalized spacial score (nSPS) is 15.3. The van der Waals surface area contributed by atoms with Gasteiger partial charge in [0.1, 0.15) is 4.90 Å². The van der Waals surface area contributed by atoms with E-state index in [1.165, 1.54) is 4.90 Å². The van der Waals surface area contributed by atoms with Gasteiger partial charge in [0.2, 0.25) is 5.96 Å². The maximum absolute atomic E-state index is 12.3. The highest BCUT2D eigenvalue weighted by Gasteiger charge is 2.27. The minimum absolute atomic E-state index is 0.106. The first-order chi connectivity index (χ1) is 10.2. The molecule has 0 spiro atoms. The van der Waals surface area contributed by atoms with E-state index in [-0.39, 0.29) is 23.8 Å². The molecule has 1 aliphatic heterocycles. The molecule has 1 heterocycles. The Hall–Kier alpha value is -2.29. The molecule has 22 heavy (non-hydrogen) atoms. The molecule has 0 unspecified atom stereocenters. The molecular formula is C13H18N4O4S. The van der Waals surface area contributed by atoms with Crippen molar-refractivity contribution in [2.45, 2.75) is 11.3 Å². The van der Waals surface area contributed by atoms with Crippen molar-refractivity contribution in [2.24, 2.45) is 4.40 Å². The number of rotatable bonds is 4. The quantitative estimate of drug-likeness (QED) is 0.836. The van der Waals surface area contributed by atoms with E-state index in [9.17, 15) is 13.2 Å². The van der Waals surface area contributed by atoms with E-state index in [1.807, 2.05) is 14.1 Å². The zero-order chi connectivity index (χ0) is 16.5. The lowest BCUT2D eigenvalue weighted by molar-refractivity contribution is -0.137. The fourth-order valence-corrected chi connectivity index (χ4v) is 3.12. The molecule has 120 valence electrons. The number of aliphatic carboxylic acids is 1. The van der Waals surface area contributed by atoms with Crippen LogP contribution >= 0.6 is 0 Å². The molecule has 0 bridgehead atoms. The molecule has 1 aromatic rings. The third-order valence-corrected chi connectivity index (χ3v) is 4.54. The Morgan fingerprint density at radius 3 is 2.59 bits per heavy atom. The van der Waals surface area contributed by atoms with Crippen LogP contribution in [0.15, 0.2) is 27.5 Å². The third-order valence-electron chi connectivity index (χ3n) is 3.24. The molecule has 0 amide bonds. The van der Waals surface area contributed by atoms with Gasteiger partial charge in [-0.3, -0.25) is 4.79 Å². The molecule has 0 aromatic heterocycles. The van der Waals surface area contributed by atoms with Gasteiger partial charge in [-0.2, -0.15) is 8.42 Å². The Labute approximate surface area is 129 Å². The molecule has 1 aromatic carbocycles. The number of carboxylic acids is 1. The first kappa shape index (κ1) is 16.1. The molecule has 0 saturated carbocycles. The van der Waals surface area contributed by atoms with Crippen LogP contribution in [-0.4, -0.2) is 58.0 Å². The average Bonchev–Trinajstić information content (AvgIpc) is 2.43. The lowest BCUT2D eigenvalue weighted by Gasteiger charge is -2.26. The molecule has 0 fully saturated rings. The standard InChI is InChI=1S/C13H18N4O4S/c1-16(2)9-4-5-10-11(8-9)22(20,21)15-13(14-10)17(3)7-6-12(18)19/h4-5,8H,6-7H2,1-3H3,(H,14,15)(H,18,19). The van der Waals surface area contributed by atoms with Gasteiger partial charge in [-0.1, -0.05) is 0 Å². The largest absolute Gasteiger partial charge is 0.481 e. The second-order valence-electron chi connectivity index (χ2n) is 5.16. The van der Waals surface area contributed by atoms with Crippen molar-refractivity contribution in [3.8, 4) is 0 Å². The highest BCUT2D eigenvalue weighted by atomic mass is 32.2. The van der Waals surface area contributed by atoms with E-state index < -0.39 is 16.0 Å². The predicted octanol–water partition coefficient (Wildman–Crippen LogP) is 0.629. The molecule has 2 N–H and O–H groups in total. The van der Waals surface area contributed by atoms with Crippen molar-refractivity contribution in [2.75, 3.05) is 37.9 Å². The zero-order valence-corrected chi connectivity index (χ0v) is 13.4. The van der Waals surface area contributed by atoms with Crippen molar-refractivity contribution in [3.63, 3.8) is 0 Å². The third kappa shape index (κ3) is 3.30. The number of hydrogen-bond donors (Lipinski definition) is 2. The lowest BCUT2D eigenvalue weighted by atomic mass is 10.2. The summed E-state index contributed by atoms with van der Waals surface area (Å²) in [7, 11) is 1.40. The summed E-state index contributed by atoms with van der Waals surface area (Å²) in [5.74, 6) is -0.839. The summed E-state index contributed by atoms with van der Waals surface area (Å²) >= 11 is 0. The molecule has 1 aliphatic rings. The van der Waals surface area contributed by atoms with Gasteiger partial charge in [0, 0.05) is 33.4 Å². The summed E-state index contributed by atoms with van der Waals surface area (Å²) in [5, 5.41) is 11.6. The van der Waals surface area contributed by atoms with Crippen molar-refractivity contribution in [1.29, 1.82) is 0 Å². The highest BCUT2D eigenvalue weighted by molar-refractivity contribution is 7.90. The van der Waals surface area contributed by atoms with Gasteiger partial charge in [0.25, 0.3) is 10.0 Å². The van der Waals surface area contributed by atoms with Crippen LogP contribution in [-0.2, 0) is 14.8 Å². The van der Waals surface area contributed by atoms with Crippen LogP contribution in [0.1, 0.15) is 6.42 Å². The van der Waals surface area contributed by atoms with Gasteiger partial charge in [-0.05, 0) is 18.2 Å². The second-order valence-corrected chi connectivity index (χ2v) is 6.73. The number of sulfonamides is 1. The van der Waals surface area contributed by atoms with Crippen molar-refractivity contribution in [3.05, 3.63) is 18.2 Å². The van der Waals surface area contributed by atoms with Crippen LogP contribution < -0.4 is 10.2 Å². The Kier molecular flexibility index (Phi) is 4.27. The van der Waals surface area contributed by atoms with Crippen LogP contribution in [0.2, 0.25) is 0 Å². The minimum atomic E-state index is -3.82. The SMILES string of the molecule is CN(CCC(=O)O)C1=NS(=O)(=O)c2cc(N(C)C)ccc2N1. The second kappa shape index (κ2) is 5.84. The predicted molar refractivity (Wildman–Crippen MR) is 83.9 cm³/mol. The average molecular weight is 326 g/mol. The number of nitrogens with zero attached hydrogens (tertiary/aromatic N) is 3. The van der Waals surface area contributed by atoms with Crippen LogP contribution in [0.3, 0.4) is 0 Å². The van der Waals surface area contributed by atoms with Crippen LogP contribution in [0.25, 0.3) is 0 Å². The molecule has 0 saturated heterocycles. The topological polar surface area (TPSA) is 102 Å². The number of guanidine groups is 1. The summed E-state index contributed by atoms with van der Waals surface area (Å²) in [6, 6.07) is 5.01. The molecule has 0 atom stereocenters. The number of hydrogen-bond acceptors (Lipinski definition) is 6. The minimum Gasteiger partial charge on any atom is -0.481 e. The molecule has 0 radical (unpaired) electrons. The Bertz CT molecular complexity index is 728. The lowest BCUT2D eigenvalue weighted by Crippen LogP contribution is -2.37. The van der Waals surface area contributed by atoms with Crippen molar-refractivity contribution in [1.82, 2.24) is 4.90 Å². The van der Waals surface area contributed by atoms with Gasteiger partial charge in [0.05, 0.1) is 12.1 Å². The van der Waals surface area contributed by atoms with Crippen LogP contribution in [0, 0.1) is 0 Å². The van der Waals surface area contributed by atoms with Gasteiger partial charge in [-0.15, -0.1) is 4.40 Å². The highest BCUT2D eigenvalue weighted by Crippen LogP contribution is 2.31. The van der Waals surface area contributed by atoms with Gasteiger partial charge in [-0.25, -0.2) is 0 Å². The Balaban J connectivity index is 2.33. The van der Waals surface area contributed by atoms with E-state index in [1.54, 1.807) is 30.1 Å². The van der Waals surface area contributed by atoms with Gasteiger partial charge < -0.3 is 20.2 Å². The smallest absolute Gasteiger partial charge is 0.305 e. The molecular weight excluding hydrogens is 308 g/mol. The van der Waals surface area contributed by atoms with E-state index in [0.717, 1.165) is 5.69 Å². The van der Waals surface area contributed by atoms with Crippen LogP contribution in [0.4, 0.5) is 11.4 Å². The maximum Gasteiger partial charge on any atom is 0.305 e.